The smallest absolute Gasteiger partial charge is 0.273 e. The second kappa shape index (κ2) is 14.9. The predicted molar refractivity (Wildman–Crippen MR) is 144 cm³/mol. The highest BCUT2D eigenvalue weighted by Crippen LogP contribution is 2.39. The molecule has 1 aliphatic rings. The zero-order valence-corrected chi connectivity index (χ0v) is 23.6. The van der Waals surface area contributed by atoms with Crippen molar-refractivity contribution in [1.82, 2.24) is 15.5 Å². The second-order valence-electron chi connectivity index (χ2n) is 9.60. The van der Waals surface area contributed by atoms with Crippen LogP contribution < -0.4 is 20.3 Å². The van der Waals surface area contributed by atoms with E-state index in [9.17, 15) is 14.4 Å². The maximum atomic E-state index is 12.9. The predicted octanol–water partition coefficient (Wildman–Crippen LogP) is 2.79. The lowest BCUT2D eigenvalue weighted by molar-refractivity contribution is -0.138. The fourth-order valence-electron chi connectivity index (χ4n) is 4.04. The fraction of sp³-hybridized carbons (Fsp3) is 0.667. The van der Waals surface area contributed by atoms with Gasteiger partial charge in [0.15, 0.2) is 0 Å². The van der Waals surface area contributed by atoms with Gasteiger partial charge >= 0.3 is 0 Å². The highest BCUT2D eigenvalue weighted by Gasteiger charge is 2.45. The Kier molecular flexibility index (Phi) is 13.1. The Hall–Kier alpha value is -2.49. The number of rotatable bonds is 12. The largest absolute Gasteiger partial charge is 0.473 e. The van der Waals surface area contributed by atoms with Crippen molar-refractivity contribution in [3.63, 3.8) is 0 Å². The van der Waals surface area contributed by atoms with Crippen LogP contribution in [0.2, 0.25) is 0 Å². The van der Waals surface area contributed by atoms with E-state index < -0.39 is 5.60 Å². The number of aldehydes is 1. The van der Waals surface area contributed by atoms with Crippen molar-refractivity contribution in [2.75, 3.05) is 52.3 Å². The number of nitrogens with zero attached hydrogens (tertiary/aromatic N) is 2. The van der Waals surface area contributed by atoms with Crippen LogP contribution in [0, 0.1) is 6.92 Å². The minimum Gasteiger partial charge on any atom is -0.473 e. The van der Waals surface area contributed by atoms with Gasteiger partial charge in [0, 0.05) is 50.8 Å². The number of aryl methyl sites for hydroxylation is 1. The summed E-state index contributed by atoms with van der Waals surface area (Å²) in [5.74, 6) is 0.162. The number of anilines is 1. The van der Waals surface area contributed by atoms with Gasteiger partial charge in [-0.1, -0.05) is 13.8 Å². The number of hydrogen-bond acceptors (Lipinski definition) is 7. The van der Waals surface area contributed by atoms with Crippen molar-refractivity contribution in [3.8, 4) is 5.75 Å². The molecule has 0 saturated carbocycles. The van der Waals surface area contributed by atoms with E-state index in [2.05, 4.69) is 43.4 Å². The Labute approximate surface area is 216 Å². The molecule has 2 rings (SSSR count). The number of fused-ring (bicyclic) bond motifs is 1. The third-order valence-electron chi connectivity index (χ3n) is 6.50. The quantitative estimate of drug-likeness (QED) is 0.421. The Morgan fingerprint density at radius 1 is 1.31 bits per heavy atom. The third kappa shape index (κ3) is 8.28. The molecule has 0 saturated heterocycles. The van der Waals surface area contributed by atoms with Gasteiger partial charge in [-0.2, -0.15) is 0 Å². The average molecular weight is 507 g/mol. The van der Waals surface area contributed by atoms with Crippen LogP contribution in [0.25, 0.3) is 0 Å². The van der Waals surface area contributed by atoms with E-state index in [1.165, 1.54) is 13.5 Å². The average Bonchev–Trinajstić information content (AvgIpc) is 2.84. The Bertz CT molecular complexity index is 876. The van der Waals surface area contributed by atoms with Crippen molar-refractivity contribution in [1.29, 1.82) is 0 Å². The van der Waals surface area contributed by atoms with Crippen LogP contribution in [0.1, 0.15) is 63.4 Å². The molecular formula is C27H46N4O5. The molecule has 0 fully saturated rings. The van der Waals surface area contributed by atoms with Crippen LogP contribution in [-0.4, -0.2) is 88.1 Å². The first-order valence-electron chi connectivity index (χ1n) is 12.7. The summed E-state index contributed by atoms with van der Waals surface area (Å²) in [5.41, 5.74) is 0.623. The van der Waals surface area contributed by atoms with Gasteiger partial charge in [0.05, 0.1) is 12.3 Å². The number of amides is 2. The molecule has 0 aliphatic carbocycles. The van der Waals surface area contributed by atoms with Crippen molar-refractivity contribution in [3.05, 3.63) is 23.3 Å². The Balaban J connectivity index is 0.000000497. The Morgan fingerprint density at radius 3 is 2.47 bits per heavy atom. The molecule has 0 aromatic heterocycles. The van der Waals surface area contributed by atoms with Crippen LogP contribution in [-0.2, 0) is 14.3 Å². The standard InChI is InChI=1S/C18H24N2O5.C9H22N2/c1-5-16(22)19-6-7-20-14-9-13(10-21)12(2)8-15(14)25-18(3,11-24-4)17(20)23;1-6-9(7-10-4)11(5)8(2)3/h8-10H,5-7,11H2,1-4H3,(H,19,22);8-10H,6-7H2,1-5H3. The van der Waals surface area contributed by atoms with E-state index in [0.29, 0.717) is 42.0 Å². The highest BCUT2D eigenvalue weighted by atomic mass is 16.5. The molecule has 0 radical (unpaired) electrons. The van der Waals surface area contributed by atoms with Crippen LogP contribution in [0.15, 0.2) is 12.1 Å². The summed E-state index contributed by atoms with van der Waals surface area (Å²) in [7, 11) is 5.71. The molecule has 204 valence electrons. The lowest BCUT2D eigenvalue weighted by Crippen LogP contribution is -2.58. The summed E-state index contributed by atoms with van der Waals surface area (Å²) >= 11 is 0. The van der Waals surface area contributed by atoms with E-state index in [4.69, 9.17) is 9.47 Å². The lowest BCUT2D eigenvalue weighted by Gasteiger charge is -2.40. The van der Waals surface area contributed by atoms with Gasteiger partial charge in [-0.05, 0) is 65.9 Å². The first-order chi connectivity index (χ1) is 17.0. The summed E-state index contributed by atoms with van der Waals surface area (Å²) in [6.07, 6.45) is 2.35. The van der Waals surface area contributed by atoms with Crippen molar-refractivity contribution in [2.45, 2.75) is 72.1 Å². The number of nitrogens with one attached hydrogen (secondary N) is 2. The van der Waals surface area contributed by atoms with Crippen LogP contribution >= 0.6 is 0 Å². The van der Waals surface area contributed by atoms with Gasteiger partial charge in [0.1, 0.15) is 12.0 Å². The number of carbonyl (C=O) groups is 3. The van der Waals surface area contributed by atoms with Crippen LogP contribution in [0.4, 0.5) is 5.69 Å². The number of ether oxygens (including phenoxy) is 2. The normalized spacial score (nSPS) is 17.8. The minimum absolute atomic E-state index is 0.0851. The van der Waals surface area contributed by atoms with Crippen molar-refractivity contribution < 1.29 is 23.9 Å². The molecule has 2 unspecified atom stereocenters. The maximum Gasteiger partial charge on any atom is 0.273 e. The van der Waals surface area contributed by atoms with Gasteiger partial charge in [-0.15, -0.1) is 0 Å². The monoisotopic (exact) mass is 506 g/mol. The molecule has 0 spiro atoms. The number of benzene rings is 1. The van der Waals surface area contributed by atoms with Crippen molar-refractivity contribution >= 4 is 23.8 Å². The van der Waals surface area contributed by atoms with Gasteiger partial charge < -0.3 is 25.0 Å². The SMILES string of the molecule is CCC(=O)NCCN1C(=O)C(C)(COC)Oc2cc(C)c(C=O)cc21.CCC(CNC)N(C)C(C)C. The summed E-state index contributed by atoms with van der Waals surface area (Å²) in [6, 6.07) is 4.72. The number of carbonyl (C=O) groups excluding carboxylic acids is 3. The van der Waals surface area contributed by atoms with E-state index in [1.807, 2.05) is 14.0 Å². The lowest BCUT2D eigenvalue weighted by atomic mass is 9.99. The number of hydrogen-bond donors (Lipinski definition) is 2. The zero-order valence-electron chi connectivity index (χ0n) is 23.6. The molecule has 9 nitrogen and oxygen atoms in total. The summed E-state index contributed by atoms with van der Waals surface area (Å²) in [5, 5.41) is 5.97. The molecule has 1 aliphatic heterocycles. The fourth-order valence-corrected chi connectivity index (χ4v) is 4.04. The third-order valence-corrected chi connectivity index (χ3v) is 6.50. The maximum absolute atomic E-state index is 12.9. The van der Waals surface area contributed by atoms with Gasteiger partial charge in [0.25, 0.3) is 5.91 Å². The highest BCUT2D eigenvalue weighted by molar-refractivity contribution is 6.03. The molecule has 1 heterocycles. The number of methoxy groups -OCH3 is 1. The molecular weight excluding hydrogens is 460 g/mol. The van der Waals surface area contributed by atoms with Crippen molar-refractivity contribution in [2.24, 2.45) is 0 Å². The van der Waals surface area contributed by atoms with E-state index in [0.717, 1.165) is 18.4 Å². The molecule has 1 aromatic carbocycles. The zero-order chi connectivity index (χ0) is 27.5. The molecule has 1 aromatic rings. The molecule has 36 heavy (non-hydrogen) atoms. The van der Waals surface area contributed by atoms with Crippen LogP contribution in [0.5, 0.6) is 5.75 Å². The van der Waals surface area contributed by atoms with Gasteiger partial charge in [-0.3, -0.25) is 19.3 Å². The van der Waals surface area contributed by atoms with E-state index in [-0.39, 0.29) is 25.0 Å². The van der Waals surface area contributed by atoms with E-state index in [1.54, 1.807) is 30.9 Å². The molecule has 2 N–H and O–H groups in total. The van der Waals surface area contributed by atoms with E-state index >= 15 is 0 Å². The van der Waals surface area contributed by atoms with Crippen LogP contribution in [0.3, 0.4) is 0 Å². The van der Waals surface area contributed by atoms with Gasteiger partial charge in [-0.25, -0.2) is 0 Å². The molecule has 2 amide bonds. The molecule has 0 bridgehead atoms. The molecule has 2 atom stereocenters. The molecule has 9 heteroatoms. The second-order valence-corrected chi connectivity index (χ2v) is 9.60. The summed E-state index contributed by atoms with van der Waals surface area (Å²) < 4.78 is 11.1. The number of likely N-dealkylation sites (N-methyl/N-ethyl adjacent to an activating group) is 2. The first kappa shape index (κ1) is 31.5. The first-order valence-corrected chi connectivity index (χ1v) is 12.7. The Morgan fingerprint density at radius 2 is 1.97 bits per heavy atom. The van der Waals surface area contributed by atoms with Gasteiger partial charge in [0.2, 0.25) is 11.5 Å². The topological polar surface area (TPSA) is 100 Å². The summed E-state index contributed by atoms with van der Waals surface area (Å²) in [6.45, 7) is 13.7. The summed E-state index contributed by atoms with van der Waals surface area (Å²) in [4.78, 5) is 39.6. The minimum atomic E-state index is -1.16.